The van der Waals surface area contributed by atoms with Crippen LogP contribution in [0, 0.1) is 5.82 Å². The Morgan fingerprint density at radius 1 is 1.13 bits per heavy atom. The first-order valence-corrected chi connectivity index (χ1v) is 9.68. The highest BCUT2D eigenvalue weighted by atomic mass is 19.1. The molecular weight excluding hydrogens is 385 g/mol. The smallest absolute Gasteiger partial charge is 0.163 e. The summed E-state index contributed by atoms with van der Waals surface area (Å²) in [6.07, 6.45) is -0.203. The first-order chi connectivity index (χ1) is 14.3. The van der Waals surface area contributed by atoms with Crippen LogP contribution in [0.4, 0.5) is 4.39 Å². The fourth-order valence-electron chi connectivity index (χ4n) is 3.31. The second-order valence-corrected chi connectivity index (χ2v) is 7.59. The quantitative estimate of drug-likeness (QED) is 0.507. The van der Waals surface area contributed by atoms with Crippen molar-refractivity contribution in [3.8, 4) is 22.8 Å². The number of carbonyl (C=O) groups is 1. The predicted octanol–water partition coefficient (Wildman–Crippen LogP) is 5.71. The molecule has 1 atom stereocenters. The lowest BCUT2D eigenvalue weighted by atomic mass is 10.1. The molecule has 5 nitrogen and oxygen atoms in total. The van der Waals surface area contributed by atoms with E-state index in [2.05, 4.69) is 0 Å². The standard InChI is InChI=1S/C24H22FNO4/c1-15(27)19-13-17(25)9-12-22(19)29-18-10-7-16(8-11-18)20-5-4-6-21(26-20)23-14-28-24(2,3)30-23/h4-13,23H,14H2,1-3H3. The van der Waals surface area contributed by atoms with Crippen LogP contribution in [0.3, 0.4) is 0 Å². The fraction of sp³-hybridized carbons (Fsp3) is 0.250. The average molecular weight is 407 g/mol. The maximum atomic E-state index is 13.4. The van der Waals surface area contributed by atoms with E-state index in [-0.39, 0.29) is 17.5 Å². The Morgan fingerprint density at radius 3 is 2.57 bits per heavy atom. The van der Waals surface area contributed by atoms with Crippen LogP contribution in [-0.2, 0) is 9.47 Å². The van der Waals surface area contributed by atoms with Crippen LogP contribution in [0.5, 0.6) is 11.5 Å². The van der Waals surface area contributed by atoms with Gasteiger partial charge in [0.2, 0.25) is 0 Å². The van der Waals surface area contributed by atoms with E-state index in [1.807, 2.05) is 44.2 Å². The third kappa shape index (κ3) is 4.40. The third-order valence-corrected chi connectivity index (χ3v) is 4.81. The molecule has 1 aromatic heterocycles. The summed E-state index contributed by atoms with van der Waals surface area (Å²) in [5, 5.41) is 0. The second kappa shape index (κ2) is 7.97. The summed E-state index contributed by atoms with van der Waals surface area (Å²) in [4.78, 5) is 16.5. The van der Waals surface area contributed by atoms with Gasteiger partial charge >= 0.3 is 0 Å². The van der Waals surface area contributed by atoms with Gasteiger partial charge in [-0.05, 0) is 75.4 Å². The third-order valence-electron chi connectivity index (χ3n) is 4.81. The molecule has 0 amide bonds. The van der Waals surface area contributed by atoms with E-state index in [0.717, 1.165) is 17.0 Å². The van der Waals surface area contributed by atoms with Crippen LogP contribution in [0.25, 0.3) is 11.3 Å². The average Bonchev–Trinajstić information content (AvgIpc) is 3.10. The zero-order valence-corrected chi connectivity index (χ0v) is 17.0. The molecule has 1 fully saturated rings. The lowest BCUT2D eigenvalue weighted by Crippen LogP contribution is -2.19. The molecule has 1 aliphatic heterocycles. The monoisotopic (exact) mass is 407 g/mol. The molecule has 2 aromatic carbocycles. The van der Waals surface area contributed by atoms with E-state index in [4.69, 9.17) is 19.2 Å². The number of ketones is 1. The highest BCUT2D eigenvalue weighted by Gasteiger charge is 2.34. The van der Waals surface area contributed by atoms with E-state index in [9.17, 15) is 9.18 Å². The van der Waals surface area contributed by atoms with Crippen molar-refractivity contribution >= 4 is 5.78 Å². The van der Waals surface area contributed by atoms with Crippen molar-refractivity contribution in [1.29, 1.82) is 0 Å². The van der Waals surface area contributed by atoms with E-state index < -0.39 is 11.6 Å². The van der Waals surface area contributed by atoms with Gasteiger partial charge in [-0.15, -0.1) is 0 Å². The van der Waals surface area contributed by atoms with Crippen LogP contribution in [0.1, 0.15) is 42.9 Å². The summed E-state index contributed by atoms with van der Waals surface area (Å²) in [5.41, 5.74) is 2.73. The van der Waals surface area contributed by atoms with Crippen LogP contribution in [-0.4, -0.2) is 23.2 Å². The molecule has 2 heterocycles. The zero-order chi connectivity index (χ0) is 21.3. The molecule has 3 aromatic rings. The number of aromatic nitrogens is 1. The van der Waals surface area contributed by atoms with Crippen LogP contribution >= 0.6 is 0 Å². The molecule has 0 bridgehead atoms. The summed E-state index contributed by atoms with van der Waals surface area (Å²) >= 11 is 0. The number of ether oxygens (including phenoxy) is 3. The maximum Gasteiger partial charge on any atom is 0.163 e. The Hall–Kier alpha value is -3.09. The number of benzene rings is 2. The minimum absolute atomic E-state index is 0.203. The van der Waals surface area contributed by atoms with Crippen LogP contribution < -0.4 is 4.74 Å². The van der Waals surface area contributed by atoms with Gasteiger partial charge in [0, 0.05) is 5.56 Å². The molecule has 0 saturated carbocycles. The number of hydrogen-bond acceptors (Lipinski definition) is 5. The van der Waals surface area contributed by atoms with Crippen LogP contribution in [0.15, 0.2) is 60.7 Å². The topological polar surface area (TPSA) is 57.7 Å². The van der Waals surface area contributed by atoms with E-state index in [0.29, 0.717) is 18.1 Å². The Balaban J connectivity index is 1.54. The first-order valence-electron chi connectivity index (χ1n) is 9.68. The molecular formula is C24H22FNO4. The maximum absolute atomic E-state index is 13.4. The van der Waals surface area contributed by atoms with Gasteiger partial charge in [0.1, 0.15) is 23.4 Å². The number of halogens is 1. The summed E-state index contributed by atoms with van der Waals surface area (Å²) in [6, 6.07) is 17.0. The van der Waals surface area contributed by atoms with Crippen molar-refractivity contribution in [2.45, 2.75) is 32.7 Å². The van der Waals surface area contributed by atoms with Crippen LogP contribution in [0.2, 0.25) is 0 Å². The number of pyridine rings is 1. The normalized spacial score (nSPS) is 17.7. The van der Waals surface area contributed by atoms with Gasteiger partial charge in [0.15, 0.2) is 11.6 Å². The number of nitrogens with zero attached hydrogens (tertiary/aromatic N) is 1. The van der Waals surface area contributed by atoms with Gasteiger partial charge in [-0.1, -0.05) is 6.07 Å². The molecule has 30 heavy (non-hydrogen) atoms. The Morgan fingerprint density at radius 2 is 1.90 bits per heavy atom. The number of hydrogen-bond donors (Lipinski definition) is 0. The number of Topliss-reactive ketones (excluding diaryl/α,β-unsaturated/α-hetero) is 1. The number of rotatable bonds is 5. The molecule has 1 unspecified atom stereocenters. The summed E-state index contributed by atoms with van der Waals surface area (Å²) in [7, 11) is 0. The summed E-state index contributed by atoms with van der Waals surface area (Å²) in [6.45, 7) is 5.61. The number of carbonyl (C=O) groups excluding carboxylic acids is 1. The van der Waals surface area contributed by atoms with Crippen molar-refractivity contribution in [1.82, 2.24) is 4.98 Å². The molecule has 6 heteroatoms. The fourth-order valence-corrected chi connectivity index (χ4v) is 3.31. The summed E-state index contributed by atoms with van der Waals surface area (Å²) < 4.78 is 30.8. The van der Waals surface area contributed by atoms with Crippen molar-refractivity contribution in [3.63, 3.8) is 0 Å². The van der Waals surface area contributed by atoms with E-state index >= 15 is 0 Å². The predicted molar refractivity (Wildman–Crippen MR) is 110 cm³/mol. The Bertz CT molecular complexity index is 1080. The zero-order valence-electron chi connectivity index (χ0n) is 17.0. The molecule has 4 rings (SSSR count). The molecule has 1 saturated heterocycles. The molecule has 0 aliphatic carbocycles. The minimum Gasteiger partial charge on any atom is -0.457 e. The van der Waals surface area contributed by atoms with Gasteiger partial charge in [-0.2, -0.15) is 0 Å². The molecule has 154 valence electrons. The minimum atomic E-state index is -0.611. The Kier molecular flexibility index (Phi) is 5.37. The molecule has 1 aliphatic rings. The lowest BCUT2D eigenvalue weighted by molar-refractivity contribution is -0.139. The molecule has 0 N–H and O–H groups in total. The Labute approximate surface area is 174 Å². The van der Waals surface area contributed by atoms with Gasteiger partial charge in [-0.3, -0.25) is 4.79 Å². The first kappa shape index (κ1) is 20.2. The van der Waals surface area contributed by atoms with E-state index in [1.165, 1.54) is 25.1 Å². The second-order valence-electron chi connectivity index (χ2n) is 7.59. The van der Waals surface area contributed by atoms with Gasteiger partial charge in [0.25, 0.3) is 0 Å². The molecule has 0 radical (unpaired) electrons. The highest BCUT2D eigenvalue weighted by molar-refractivity contribution is 5.96. The van der Waals surface area contributed by atoms with Gasteiger partial charge < -0.3 is 14.2 Å². The van der Waals surface area contributed by atoms with Crippen molar-refractivity contribution in [2.24, 2.45) is 0 Å². The summed E-state index contributed by atoms with van der Waals surface area (Å²) in [5.74, 6) is -0.492. The van der Waals surface area contributed by atoms with Crippen molar-refractivity contribution in [3.05, 3.63) is 77.7 Å². The largest absolute Gasteiger partial charge is 0.457 e. The van der Waals surface area contributed by atoms with Gasteiger partial charge in [-0.25, -0.2) is 9.37 Å². The molecule has 0 spiro atoms. The SMILES string of the molecule is CC(=O)c1cc(F)ccc1Oc1ccc(-c2cccc(C3COC(C)(C)O3)n2)cc1. The van der Waals surface area contributed by atoms with Crippen molar-refractivity contribution in [2.75, 3.05) is 6.61 Å². The highest BCUT2D eigenvalue weighted by Crippen LogP contribution is 2.33. The van der Waals surface area contributed by atoms with Gasteiger partial charge in [0.05, 0.1) is 23.6 Å². The van der Waals surface area contributed by atoms with Crippen molar-refractivity contribution < 1.29 is 23.4 Å². The van der Waals surface area contributed by atoms with E-state index in [1.54, 1.807) is 12.1 Å². The lowest BCUT2D eigenvalue weighted by Gasteiger charge is -2.17.